The Hall–Kier alpha value is -2.54. The molecule has 12 heteroatoms. The van der Waals surface area contributed by atoms with Gasteiger partial charge < -0.3 is 9.11 Å². The molecule has 0 unspecified atom stereocenters. The Bertz CT molecular complexity index is 1020. The monoisotopic (exact) mass is 396 g/mol. The van der Waals surface area contributed by atoms with Crippen molar-refractivity contribution >= 4 is 32.0 Å². The first-order valence-electron chi connectivity index (χ1n) is 6.94. The molecule has 0 aliphatic rings. The number of nitrogens with zero attached hydrogens (tertiary/aromatic N) is 4. The van der Waals surface area contributed by atoms with Gasteiger partial charge in [-0.3, -0.25) is 0 Å². The van der Waals surface area contributed by atoms with Crippen molar-refractivity contribution in [1.29, 1.82) is 0 Å². The summed E-state index contributed by atoms with van der Waals surface area (Å²) < 4.78 is 68.4. The maximum absolute atomic E-state index is 10.5. The van der Waals surface area contributed by atoms with Gasteiger partial charge in [0.1, 0.15) is 0 Å². The van der Waals surface area contributed by atoms with Gasteiger partial charge in [-0.1, -0.05) is 21.2 Å². The molecule has 2 aromatic rings. The van der Waals surface area contributed by atoms with E-state index in [0.29, 0.717) is 11.1 Å². The summed E-state index contributed by atoms with van der Waals surface area (Å²) >= 11 is 0. The molecule has 0 atom stereocenters. The lowest BCUT2D eigenvalue weighted by Crippen LogP contribution is -1.89. The van der Waals surface area contributed by atoms with Gasteiger partial charge in [0.2, 0.25) is 20.6 Å². The zero-order chi connectivity index (χ0) is 19.5. The molecule has 0 radical (unpaired) electrons. The molecule has 0 spiro atoms. The first-order valence-corrected chi connectivity index (χ1v) is 9.67. The standard InChI is InChI=1S/C14H14N4O6S2/c1-9-7-11(3-5-13(9)15-17-25(19,20)21)12-4-6-14(10(2)8-12)16-18-26(22,23)24/h3-8H,1-2H3,(H,19,20,21)(H,22,23,24)/p-2. The van der Waals surface area contributed by atoms with Crippen LogP contribution >= 0.6 is 0 Å². The van der Waals surface area contributed by atoms with Crippen LogP contribution in [0, 0.1) is 13.8 Å². The van der Waals surface area contributed by atoms with E-state index in [1.807, 2.05) is 0 Å². The average molecular weight is 396 g/mol. The lowest BCUT2D eigenvalue weighted by Gasteiger charge is -2.08. The number of hydrogen-bond donors (Lipinski definition) is 0. The number of aryl methyl sites for hydroxylation is 2. The average Bonchev–Trinajstić information content (AvgIpc) is 2.50. The minimum atomic E-state index is -4.80. The molecule has 0 fully saturated rings. The third-order valence-electron chi connectivity index (χ3n) is 3.22. The van der Waals surface area contributed by atoms with Crippen molar-refractivity contribution in [1.82, 2.24) is 0 Å². The summed E-state index contributed by atoms with van der Waals surface area (Å²) in [5.41, 5.74) is 3.17. The Labute approximate surface area is 150 Å². The lowest BCUT2D eigenvalue weighted by atomic mass is 10.0. The van der Waals surface area contributed by atoms with Crippen molar-refractivity contribution in [3.05, 3.63) is 47.5 Å². The third-order valence-corrected chi connectivity index (χ3v) is 3.79. The second-order valence-electron chi connectivity index (χ2n) is 5.22. The van der Waals surface area contributed by atoms with Crippen LogP contribution in [0.3, 0.4) is 0 Å². The second-order valence-corrected chi connectivity index (χ2v) is 7.26. The summed E-state index contributed by atoms with van der Waals surface area (Å²) in [5, 5.41) is 6.80. The molecule has 0 amide bonds. The van der Waals surface area contributed by atoms with Crippen LogP contribution in [0.15, 0.2) is 55.7 Å². The van der Waals surface area contributed by atoms with Gasteiger partial charge in [0.15, 0.2) is 0 Å². The zero-order valence-corrected chi connectivity index (χ0v) is 15.2. The van der Waals surface area contributed by atoms with Crippen molar-refractivity contribution in [3.63, 3.8) is 0 Å². The highest BCUT2D eigenvalue weighted by molar-refractivity contribution is 7.84. The largest absolute Gasteiger partial charge is 0.728 e. The summed E-state index contributed by atoms with van der Waals surface area (Å²) in [6, 6.07) is 9.74. The molecule has 0 aliphatic heterocycles. The van der Waals surface area contributed by atoms with E-state index in [4.69, 9.17) is 0 Å². The highest BCUT2D eigenvalue weighted by atomic mass is 32.2. The van der Waals surface area contributed by atoms with E-state index < -0.39 is 20.6 Å². The van der Waals surface area contributed by atoms with Gasteiger partial charge >= 0.3 is 0 Å². The third kappa shape index (κ3) is 5.77. The molecule has 0 bridgehead atoms. The molecule has 0 aromatic heterocycles. The fourth-order valence-electron chi connectivity index (χ4n) is 2.08. The molecule has 0 N–H and O–H groups in total. The molecule has 0 saturated carbocycles. The summed E-state index contributed by atoms with van der Waals surface area (Å²) in [6.07, 6.45) is 0. The van der Waals surface area contributed by atoms with Crippen LogP contribution < -0.4 is 0 Å². The van der Waals surface area contributed by atoms with E-state index in [-0.39, 0.29) is 11.4 Å². The minimum absolute atomic E-state index is 0.232. The fourth-order valence-corrected chi connectivity index (χ4v) is 2.46. The Kier molecular flexibility index (Phi) is 5.61. The highest BCUT2D eigenvalue weighted by Gasteiger charge is 2.05. The zero-order valence-electron chi connectivity index (χ0n) is 13.5. The first-order chi connectivity index (χ1) is 11.9. The van der Waals surface area contributed by atoms with Crippen molar-refractivity contribution in [2.45, 2.75) is 13.8 Å². The predicted molar refractivity (Wildman–Crippen MR) is 89.8 cm³/mol. The van der Waals surface area contributed by atoms with Gasteiger partial charge in [0, 0.05) is 0 Å². The quantitative estimate of drug-likeness (QED) is 0.556. The smallest absolute Gasteiger partial charge is 0.220 e. The summed E-state index contributed by atoms with van der Waals surface area (Å²) in [5.74, 6) is 0. The van der Waals surface area contributed by atoms with Gasteiger partial charge in [0.05, 0.1) is 11.4 Å². The molecule has 10 nitrogen and oxygen atoms in total. The Balaban J connectivity index is 2.35. The van der Waals surface area contributed by atoms with Gasteiger partial charge in [-0.25, -0.2) is 16.8 Å². The maximum atomic E-state index is 10.5. The predicted octanol–water partition coefficient (Wildman–Crippen LogP) is 3.06. The first kappa shape index (κ1) is 19.8. The number of benzene rings is 2. The van der Waals surface area contributed by atoms with Crippen molar-refractivity contribution in [2.24, 2.45) is 19.3 Å². The van der Waals surface area contributed by atoms with Crippen LogP contribution in [0.2, 0.25) is 0 Å². The molecular formula is C14H12N4O6S2-2. The lowest BCUT2D eigenvalue weighted by molar-refractivity contribution is 0.460. The topological polar surface area (TPSA) is 164 Å². The second kappa shape index (κ2) is 7.37. The maximum Gasteiger partial charge on any atom is 0.220 e. The molecule has 2 aromatic carbocycles. The van der Waals surface area contributed by atoms with Gasteiger partial charge in [-0.2, -0.15) is 0 Å². The van der Waals surface area contributed by atoms with Gasteiger partial charge in [0.25, 0.3) is 0 Å². The van der Waals surface area contributed by atoms with Crippen LogP contribution in [-0.4, -0.2) is 25.9 Å². The molecule has 0 aliphatic carbocycles. The summed E-state index contributed by atoms with van der Waals surface area (Å²) in [6.45, 7) is 3.34. The van der Waals surface area contributed by atoms with E-state index in [2.05, 4.69) is 19.3 Å². The molecule has 2 rings (SSSR count). The summed E-state index contributed by atoms with van der Waals surface area (Å²) in [7, 11) is -9.61. The van der Waals surface area contributed by atoms with Crippen molar-refractivity contribution < 1.29 is 25.9 Å². The van der Waals surface area contributed by atoms with Crippen molar-refractivity contribution in [2.75, 3.05) is 0 Å². The molecule has 0 heterocycles. The van der Waals surface area contributed by atoms with Gasteiger partial charge in [-0.05, 0) is 60.4 Å². The minimum Gasteiger partial charge on any atom is -0.728 e. The molecule has 0 saturated heterocycles. The molecular weight excluding hydrogens is 384 g/mol. The summed E-state index contributed by atoms with van der Waals surface area (Å²) in [4.78, 5) is 0. The Morgan fingerprint density at radius 1 is 0.692 bits per heavy atom. The molecule has 138 valence electrons. The molecule has 26 heavy (non-hydrogen) atoms. The Morgan fingerprint density at radius 2 is 1.04 bits per heavy atom. The SMILES string of the molecule is Cc1cc(-c2ccc(N=NS(=O)(=O)[O-])c(C)c2)ccc1N=NS(=O)(=O)[O-]. The van der Waals surface area contributed by atoms with E-state index in [1.165, 1.54) is 12.1 Å². The van der Waals surface area contributed by atoms with E-state index >= 15 is 0 Å². The van der Waals surface area contributed by atoms with Crippen LogP contribution in [0.25, 0.3) is 11.1 Å². The van der Waals surface area contributed by atoms with Crippen molar-refractivity contribution in [3.8, 4) is 11.1 Å². The van der Waals surface area contributed by atoms with Gasteiger partial charge in [-0.15, -0.1) is 10.2 Å². The van der Waals surface area contributed by atoms with Crippen LogP contribution in [-0.2, 0) is 20.6 Å². The Morgan fingerprint density at radius 3 is 1.31 bits per heavy atom. The van der Waals surface area contributed by atoms with E-state index in [9.17, 15) is 25.9 Å². The highest BCUT2D eigenvalue weighted by Crippen LogP contribution is 2.30. The van der Waals surface area contributed by atoms with Crippen LogP contribution in [0.4, 0.5) is 11.4 Å². The van der Waals surface area contributed by atoms with Crippen LogP contribution in [0.1, 0.15) is 11.1 Å². The fraction of sp³-hybridized carbons (Fsp3) is 0.143. The normalized spacial score (nSPS) is 12.9. The van der Waals surface area contributed by atoms with E-state index in [1.54, 1.807) is 38.1 Å². The van der Waals surface area contributed by atoms with E-state index in [0.717, 1.165) is 11.1 Å². The number of hydrogen-bond acceptors (Lipinski definition) is 8. The number of rotatable bonds is 5. The van der Waals surface area contributed by atoms with Crippen LogP contribution in [0.5, 0.6) is 0 Å².